The molecule has 11 heteroatoms. The largest absolute Gasteiger partial charge is 0.368 e. The molecule has 146 valence electrons. The zero-order valence-electron chi connectivity index (χ0n) is 15.4. The third-order valence-corrected chi connectivity index (χ3v) is 4.97. The number of nitrogens with two attached hydrogens (primary N) is 1. The van der Waals surface area contributed by atoms with Crippen molar-refractivity contribution in [2.24, 2.45) is 0 Å². The molecule has 2 aliphatic rings. The van der Waals surface area contributed by atoms with Crippen LogP contribution >= 0.6 is 0 Å². The molecule has 0 amide bonds. The Morgan fingerprint density at radius 1 is 1.11 bits per heavy atom. The van der Waals surface area contributed by atoms with Crippen LogP contribution in [0.3, 0.4) is 0 Å². The topological polar surface area (TPSA) is 108 Å². The van der Waals surface area contributed by atoms with Crippen LogP contribution in [0.25, 0.3) is 22.6 Å². The summed E-state index contributed by atoms with van der Waals surface area (Å²) in [7, 11) is 0. The van der Waals surface area contributed by atoms with E-state index in [1.54, 1.807) is 0 Å². The SMILES string of the molecule is CC1(C)OCCn2c1nc1c(N3CC(F)(F)C3)nc(-c3cnc(N)nc3)nc12. The highest BCUT2D eigenvalue weighted by Gasteiger charge is 2.46. The van der Waals surface area contributed by atoms with Gasteiger partial charge in [0.15, 0.2) is 22.8 Å². The Kier molecular flexibility index (Phi) is 3.39. The van der Waals surface area contributed by atoms with Crippen LogP contribution in [-0.4, -0.2) is 55.1 Å². The van der Waals surface area contributed by atoms with Crippen molar-refractivity contribution in [2.45, 2.75) is 31.9 Å². The standard InChI is InChI=1S/C17H18F2N8O/c1-16(2)14-23-10-12(26-7-17(18,19)8-26)24-11(9-5-21-15(20)22-6-9)25-13(10)27(14)3-4-28-16/h5-6H,3-4,7-8H2,1-2H3,(H2,20,21,22). The average molecular weight is 388 g/mol. The van der Waals surface area contributed by atoms with Gasteiger partial charge in [0.1, 0.15) is 11.4 Å². The van der Waals surface area contributed by atoms with E-state index in [0.29, 0.717) is 47.3 Å². The molecule has 0 unspecified atom stereocenters. The van der Waals surface area contributed by atoms with Gasteiger partial charge in [-0.05, 0) is 13.8 Å². The molecule has 0 spiro atoms. The van der Waals surface area contributed by atoms with E-state index in [4.69, 9.17) is 10.5 Å². The normalized spacial score (nSPS) is 20.1. The maximum absolute atomic E-state index is 13.5. The average Bonchev–Trinajstić information content (AvgIpc) is 3.00. The molecule has 0 bridgehead atoms. The van der Waals surface area contributed by atoms with Crippen molar-refractivity contribution in [3.8, 4) is 11.4 Å². The van der Waals surface area contributed by atoms with Crippen LogP contribution in [0.2, 0.25) is 0 Å². The van der Waals surface area contributed by atoms with E-state index in [2.05, 4.69) is 24.9 Å². The molecule has 3 aromatic rings. The molecule has 0 atom stereocenters. The molecule has 28 heavy (non-hydrogen) atoms. The number of anilines is 2. The zero-order valence-corrected chi connectivity index (χ0v) is 15.4. The minimum absolute atomic E-state index is 0.132. The highest BCUT2D eigenvalue weighted by Crippen LogP contribution is 2.38. The molecule has 1 saturated heterocycles. The lowest BCUT2D eigenvalue weighted by atomic mass is 10.1. The molecule has 1 fully saturated rings. The maximum Gasteiger partial charge on any atom is 0.282 e. The summed E-state index contributed by atoms with van der Waals surface area (Å²) in [6.07, 6.45) is 3.02. The summed E-state index contributed by atoms with van der Waals surface area (Å²) in [4.78, 5) is 23.3. The molecule has 2 N–H and O–H groups in total. The number of hydrogen-bond acceptors (Lipinski definition) is 8. The number of halogens is 2. The van der Waals surface area contributed by atoms with Crippen molar-refractivity contribution in [3.05, 3.63) is 18.2 Å². The monoisotopic (exact) mass is 388 g/mol. The van der Waals surface area contributed by atoms with Crippen molar-refractivity contribution in [3.63, 3.8) is 0 Å². The van der Waals surface area contributed by atoms with Gasteiger partial charge in [-0.15, -0.1) is 0 Å². The van der Waals surface area contributed by atoms with Crippen molar-refractivity contribution in [1.29, 1.82) is 0 Å². The number of imidazole rings is 1. The molecular weight excluding hydrogens is 370 g/mol. The lowest BCUT2D eigenvalue weighted by Crippen LogP contribution is -2.56. The van der Waals surface area contributed by atoms with E-state index in [1.807, 2.05) is 18.4 Å². The van der Waals surface area contributed by atoms with Gasteiger partial charge in [-0.25, -0.2) is 33.7 Å². The number of rotatable bonds is 2. The fraction of sp³-hybridized carbons (Fsp3) is 0.471. The maximum atomic E-state index is 13.5. The number of ether oxygens (including phenoxy) is 1. The summed E-state index contributed by atoms with van der Waals surface area (Å²) in [6.45, 7) is 4.11. The Balaban J connectivity index is 1.73. The summed E-state index contributed by atoms with van der Waals surface area (Å²) in [5.74, 6) is -1.19. The van der Waals surface area contributed by atoms with Gasteiger partial charge in [0.2, 0.25) is 5.95 Å². The predicted molar refractivity (Wildman–Crippen MR) is 96.9 cm³/mol. The van der Waals surface area contributed by atoms with Crippen LogP contribution in [0.1, 0.15) is 19.7 Å². The molecule has 3 aromatic heterocycles. The minimum Gasteiger partial charge on any atom is -0.368 e. The number of fused-ring (bicyclic) bond motifs is 3. The lowest BCUT2D eigenvalue weighted by molar-refractivity contribution is -0.0530. The molecule has 5 heterocycles. The molecule has 0 radical (unpaired) electrons. The summed E-state index contributed by atoms with van der Waals surface area (Å²) in [5.41, 5.74) is 6.56. The molecule has 2 aliphatic heterocycles. The summed E-state index contributed by atoms with van der Waals surface area (Å²) in [6, 6.07) is 0. The number of nitrogens with zero attached hydrogens (tertiary/aromatic N) is 7. The molecule has 0 aromatic carbocycles. The second-order valence-electron chi connectivity index (χ2n) is 7.53. The van der Waals surface area contributed by atoms with Crippen molar-refractivity contribution >= 4 is 22.9 Å². The van der Waals surface area contributed by atoms with Crippen molar-refractivity contribution in [1.82, 2.24) is 29.5 Å². The van der Waals surface area contributed by atoms with Crippen LogP contribution < -0.4 is 10.6 Å². The smallest absolute Gasteiger partial charge is 0.282 e. The van der Waals surface area contributed by atoms with Gasteiger partial charge < -0.3 is 19.9 Å². The van der Waals surface area contributed by atoms with Gasteiger partial charge in [0.05, 0.1) is 25.3 Å². The molecular formula is C17H18F2N8O. The first kappa shape index (κ1) is 17.2. The number of nitrogen functional groups attached to an aromatic ring is 1. The van der Waals surface area contributed by atoms with Gasteiger partial charge in [-0.3, -0.25) is 0 Å². The Hall–Kier alpha value is -2.95. The van der Waals surface area contributed by atoms with E-state index in [0.717, 1.165) is 0 Å². The van der Waals surface area contributed by atoms with E-state index in [-0.39, 0.29) is 5.95 Å². The van der Waals surface area contributed by atoms with Gasteiger partial charge >= 0.3 is 0 Å². The third kappa shape index (κ3) is 2.57. The summed E-state index contributed by atoms with van der Waals surface area (Å²) in [5, 5.41) is 0. The minimum atomic E-state index is -2.73. The highest BCUT2D eigenvalue weighted by atomic mass is 19.3. The van der Waals surface area contributed by atoms with E-state index < -0.39 is 24.6 Å². The second-order valence-corrected chi connectivity index (χ2v) is 7.53. The first-order valence-corrected chi connectivity index (χ1v) is 8.87. The van der Waals surface area contributed by atoms with Crippen molar-refractivity contribution < 1.29 is 13.5 Å². The molecule has 0 aliphatic carbocycles. The fourth-order valence-corrected chi connectivity index (χ4v) is 3.58. The molecule has 9 nitrogen and oxygen atoms in total. The number of alkyl halides is 2. The number of hydrogen-bond donors (Lipinski definition) is 1. The Bertz CT molecular complexity index is 1070. The van der Waals surface area contributed by atoms with Crippen LogP contribution in [0.4, 0.5) is 20.5 Å². The van der Waals surface area contributed by atoms with E-state index in [9.17, 15) is 8.78 Å². The third-order valence-electron chi connectivity index (χ3n) is 4.97. The Morgan fingerprint density at radius 3 is 2.50 bits per heavy atom. The lowest BCUT2D eigenvalue weighted by Gasteiger charge is -2.39. The fourth-order valence-electron chi connectivity index (χ4n) is 3.58. The van der Waals surface area contributed by atoms with Crippen LogP contribution in [0.15, 0.2) is 12.4 Å². The molecule has 0 saturated carbocycles. The first-order valence-electron chi connectivity index (χ1n) is 8.87. The quantitative estimate of drug-likeness (QED) is 0.705. The highest BCUT2D eigenvalue weighted by molar-refractivity contribution is 5.87. The van der Waals surface area contributed by atoms with Gasteiger partial charge in [0.25, 0.3) is 5.92 Å². The van der Waals surface area contributed by atoms with Crippen LogP contribution in [0.5, 0.6) is 0 Å². The van der Waals surface area contributed by atoms with Crippen LogP contribution in [-0.2, 0) is 16.9 Å². The van der Waals surface area contributed by atoms with Gasteiger partial charge in [0, 0.05) is 18.9 Å². The van der Waals surface area contributed by atoms with E-state index in [1.165, 1.54) is 17.3 Å². The molecule has 5 rings (SSSR count). The summed E-state index contributed by atoms with van der Waals surface area (Å²) < 4.78 is 34.8. The zero-order chi connectivity index (χ0) is 19.7. The van der Waals surface area contributed by atoms with Crippen molar-refractivity contribution in [2.75, 3.05) is 30.3 Å². The Morgan fingerprint density at radius 2 is 1.82 bits per heavy atom. The van der Waals surface area contributed by atoms with Gasteiger partial charge in [-0.2, -0.15) is 0 Å². The van der Waals surface area contributed by atoms with Gasteiger partial charge in [-0.1, -0.05) is 0 Å². The summed E-state index contributed by atoms with van der Waals surface area (Å²) >= 11 is 0. The second kappa shape index (κ2) is 5.53. The first-order chi connectivity index (χ1) is 13.2. The number of aromatic nitrogens is 6. The Labute approximate surface area is 158 Å². The van der Waals surface area contributed by atoms with E-state index >= 15 is 0 Å². The van der Waals surface area contributed by atoms with Crippen LogP contribution in [0, 0.1) is 0 Å². The predicted octanol–water partition coefficient (Wildman–Crippen LogP) is 1.59.